The van der Waals surface area contributed by atoms with Crippen molar-refractivity contribution in [2.24, 2.45) is 0 Å². The van der Waals surface area contributed by atoms with Crippen LogP contribution >= 0.6 is 35.0 Å². The number of nitrogens with zero attached hydrogens (tertiary/aromatic N) is 2. The van der Waals surface area contributed by atoms with Crippen molar-refractivity contribution >= 4 is 35.0 Å². The lowest BCUT2D eigenvalue weighted by Crippen LogP contribution is -2.20. The van der Waals surface area contributed by atoms with Crippen molar-refractivity contribution in [2.45, 2.75) is 49.0 Å². The maximum atomic E-state index is 12.9. The molecular weight excluding hydrogens is 384 g/mol. The van der Waals surface area contributed by atoms with Gasteiger partial charge in [0.2, 0.25) is 0 Å². The molecule has 0 radical (unpaired) electrons. The van der Waals surface area contributed by atoms with Gasteiger partial charge in [-0.25, -0.2) is 4.98 Å². The van der Waals surface area contributed by atoms with E-state index in [0.29, 0.717) is 25.7 Å². The summed E-state index contributed by atoms with van der Waals surface area (Å²) in [7, 11) is 0. The second-order valence-electron chi connectivity index (χ2n) is 5.44. The van der Waals surface area contributed by atoms with Crippen LogP contribution in [0.3, 0.4) is 0 Å². The molecule has 0 amide bonds. The van der Waals surface area contributed by atoms with Crippen molar-refractivity contribution in [1.29, 1.82) is 0 Å². The summed E-state index contributed by atoms with van der Waals surface area (Å²) < 4.78 is 39.8. The molecule has 1 aromatic carbocycles. The number of halogens is 5. The van der Waals surface area contributed by atoms with Gasteiger partial charge in [0.05, 0.1) is 5.69 Å². The Labute approximate surface area is 151 Å². The third-order valence-electron chi connectivity index (χ3n) is 3.10. The Kier molecular flexibility index (Phi) is 6.12. The maximum absolute atomic E-state index is 12.9. The predicted octanol–water partition coefficient (Wildman–Crippen LogP) is 5.52. The summed E-state index contributed by atoms with van der Waals surface area (Å²) >= 11 is 13.0. The van der Waals surface area contributed by atoms with Crippen molar-refractivity contribution in [3.05, 3.63) is 39.8 Å². The summed E-state index contributed by atoms with van der Waals surface area (Å²) in [6, 6.07) is 4.78. The third-order valence-corrected chi connectivity index (χ3v) is 4.63. The lowest BCUT2D eigenvalue weighted by molar-refractivity contribution is -0.142. The van der Waals surface area contributed by atoms with E-state index in [4.69, 9.17) is 23.2 Å². The molecule has 1 aromatic heterocycles. The monoisotopic (exact) mass is 398 g/mol. The zero-order chi connectivity index (χ0) is 18.1. The van der Waals surface area contributed by atoms with Crippen LogP contribution in [0.4, 0.5) is 13.2 Å². The summed E-state index contributed by atoms with van der Waals surface area (Å²) in [5.41, 5.74) is 0.490. The lowest BCUT2D eigenvalue weighted by Gasteiger charge is -2.15. The molecule has 0 aliphatic heterocycles. The number of imidazole rings is 1. The van der Waals surface area contributed by atoms with Crippen LogP contribution in [-0.4, -0.2) is 20.8 Å². The molecule has 0 saturated carbocycles. The van der Waals surface area contributed by atoms with Crippen LogP contribution in [0.1, 0.15) is 31.3 Å². The van der Waals surface area contributed by atoms with Crippen LogP contribution in [0.2, 0.25) is 10.0 Å². The van der Waals surface area contributed by atoms with E-state index in [1.807, 2.05) is 13.8 Å². The Bertz CT molecular complexity index is 712. The highest BCUT2D eigenvalue weighted by molar-refractivity contribution is 7.99. The number of aromatic nitrogens is 2. The van der Waals surface area contributed by atoms with Crippen LogP contribution in [0.5, 0.6) is 0 Å². The largest absolute Gasteiger partial charge is 0.406 e. The maximum Gasteiger partial charge on any atom is 0.406 e. The van der Waals surface area contributed by atoms with E-state index in [2.05, 4.69) is 4.98 Å². The van der Waals surface area contributed by atoms with E-state index in [1.165, 1.54) is 0 Å². The molecule has 9 heteroatoms. The fourth-order valence-electron chi connectivity index (χ4n) is 2.15. The van der Waals surface area contributed by atoms with Gasteiger partial charge >= 0.3 is 6.18 Å². The van der Waals surface area contributed by atoms with E-state index in [9.17, 15) is 18.3 Å². The predicted molar refractivity (Wildman–Crippen MR) is 88.9 cm³/mol. The first kappa shape index (κ1) is 19.4. The van der Waals surface area contributed by atoms with Crippen LogP contribution in [0, 0.1) is 0 Å². The second kappa shape index (κ2) is 7.56. The molecule has 0 atom stereocenters. The van der Waals surface area contributed by atoms with Gasteiger partial charge in [-0.15, -0.1) is 0 Å². The second-order valence-corrected chi connectivity index (χ2v) is 7.37. The van der Waals surface area contributed by atoms with Crippen molar-refractivity contribution in [3.63, 3.8) is 0 Å². The first-order valence-corrected chi connectivity index (χ1v) is 8.59. The molecule has 24 heavy (non-hydrogen) atoms. The minimum Gasteiger partial charge on any atom is -0.388 e. The summed E-state index contributed by atoms with van der Waals surface area (Å²) in [5, 5.41) is 10.5. The SMILES string of the molecule is CC(C)c1nc(CO)n(CC(F)(F)F)c1Sc1cc(Cl)cc(Cl)c1. The summed E-state index contributed by atoms with van der Waals surface area (Å²) in [6.07, 6.45) is -4.43. The van der Waals surface area contributed by atoms with Crippen molar-refractivity contribution in [1.82, 2.24) is 9.55 Å². The number of hydrogen-bond donors (Lipinski definition) is 1. The summed E-state index contributed by atoms with van der Waals surface area (Å²) in [4.78, 5) is 4.78. The summed E-state index contributed by atoms with van der Waals surface area (Å²) in [6.45, 7) is 1.86. The van der Waals surface area contributed by atoms with Crippen molar-refractivity contribution in [3.8, 4) is 0 Å². The lowest BCUT2D eigenvalue weighted by atomic mass is 10.1. The average molecular weight is 399 g/mol. The fraction of sp³-hybridized carbons (Fsp3) is 0.400. The van der Waals surface area contributed by atoms with Crippen LogP contribution in [0.15, 0.2) is 28.1 Å². The van der Waals surface area contributed by atoms with Gasteiger partial charge < -0.3 is 9.67 Å². The quantitative estimate of drug-likeness (QED) is 0.720. The number of alkyl halides is 3. The molecule has 1 N–H and O–H groups in total. The van der Waals surface area contributed by atoms with E-state index >= 15 is 0 Å². The molecule has 0 aliphatic carbocycles. The molecule has 0 saturated heterocycles. The molecule has 1 heterocycles. The van der Waals surface area contributed by atoms with E-state index in [-0.39, 0.29) is 11.7 Å². The standard InChI is InChI=1S/C15H15Cl2F3N2OS/c1-8(2)13-14(24-11-4-9(16)3-10(17)5-11)22(7-15(18,19)20)12(6-23)21-13/h3-5,8,23H,6-7H2,1-2H3. The third kappa shape index (κ3) is 4.81. The minimum atomic E-state index is -4.43. The Morgan fingerprint density at radius 3 is 2.25 bits per heavy atom. The normalized spacial score (nSPS) is 12.2. The first-order valence-electron chi connectivity index (χ1n) is 7.01. The van der Waals surface area contributed by atoms with Gasteiger partial charge in [-0.05, 0) is 24.1 Å². The Morgan fingerprint density at radius 1 is 1.21 bits per heavy atom. The van der Waals surface area contributed by atoms with Crippen molar-refractivity contribution < 1.29 is 18.3 Å². The van der Waals surface area contributed by atoms with Crippen LogP contribution < -0.4 is 0 Å². The average Bonchev–Trinajstić information content (AvgIpc) is 2.74. The van der Waals surface area contributed by atoms with E-state index in [1.54, 1.807) is 18.2 Å². The van der Waals surface area contributed by atoms with Crippen LogP contribution in [0.25, 0.3) is 0 Å². The van der Waals surface area contributed by atoms with Gasteiger partial charge in [-0.3, -0.25) is 0 Å². The van der Waals surface area contributed by atoms with Gasteiger partial charge in [0.15, 0.2) is 0 Å². The Hall–Kier alpha value is -0.890. The smallest absolute Gasteiger partial charge is 0.388 e. The minimum absolute atomic E-state index is 0.0216. The van der Waals surface area contributed by atoms with Gasteiger partial charge in [0.25, 0.3) is 0 Å². The molecule has 0 spiro atoms. The highest BCUT2D eigenvalue weighted by Gasteiger charge is 2.32. The van der Waals surface area contributed by atoms with Crippen LogP contribution in [-0.2, 0) is 13.2 Å². The molecular formula is C15H15Cl2F3N2OS. The molecule has 0 aliphatic rings. The summed E-state index contributed by atoms with van der Waals surface area (Å²) in [5.74, 6) is -0.131. The molecule has 132 valence electrons. The fourth-order valence-corrected chi connectivity index (χ4v) is 4.06. The van der Waals surface area contributed by atoms with E-state index < -0.39 is 19.3 Å². The Balaban J connectivity index is 2.54. The molecule has 2 rings (SSSR count). The number of aliphatic hydroxyl groups excluding tert-OH is 1. The van der Waals surface area contributed by atoms with Crippen molar-refractivity contribution in [2.75, 3.05) is 0 Å². The highest BCUT2D eigenvalue weighted by atomic mass is 35.5. The number of benzene rings is 1. The Morgan fingerprint density at radius 2 is 1.79 bits per heavy atom. The van der Waals surface area contributed by atoms with Gasteiger partial charge in [-0.1, -0.05) is 48.8 Å². The molecule has 0 fully saturated rings. The molecule has 0 unspecified atom stereocenters. The van der Waals surface area contributed by atoms with Gasteiger partial charge in [-0.2, -0.15) is 13.2 Å². The van der Waals surface area contributed by atoms with Gasteiger partial charge in [0, 0.05) is 14.9 Å². The zero-order valence-electron chi connectivity index (χ0n) is 12.9. The molecule has 2 aromatic rings. The molecule has 3 nitrogen and oxygen atoms in total. The van der Waals surface area contributed by atoms with Gasteiger partial charge in [0.1, 0.15) is 24.0 Å². The first-order chi connectivity index (χ1) is 11.1. The zero-order valence-corrected chi connectivity index (χ0v) is 15.2. The topological polar surface area (TPSA) is 38.1 Å². The number of aliphatic hydroxyl groups is 1. The highest BCUT2D eigenvalue weighted by Crippen LogP contribution is 2.38. The molecule has 0 bridgehead atoms. The van der Waals surface area contributed by atoms with E-state index in [0.717, 1.165) is 16.3 Å². The number of rotatable bonds is 5. The number of hydrogen-bond acceptors (Lipinski definition) is 3.